The Morgan fingerprint density at radius 3 is 2.56 bits per heavy atom. The van der Waals surface area contributed by atoms with E-state index in [4.69, 9.17) is 16.3 Å². The Morgan fingerprint density at radius 2 is 1.88 bits per heavy atom. The van der Waals surface area contributed by atoms with Crippen molar-refractivity contribution in [3.63, 3.8) is 0 Å². The molecule has 1 heterocycles. The van der Waals surface area contributed by atoms with Crippen LogP contribution < -0.4 is 5.32 Å². The van der Waals surface area contributed by atoms with Gasteiger partial charge in [0.1, 0.15) is 0 Å². The molecule has 3 aromatic rings. The molecule has 128 valence electrons. The summed E-state index contributed by atoms with van der Waals surface area (Å²) in [6, 6.07) is 17.2. The summed E-state index contributed by atoms with van der Waals surface area (Å²) in [5.41, 5.74) is 2.64. The fraction of sp³-hybridized carbons (Fsp3) is 0.158. The Bertz CT molecular complexity index is 848. The van der Waals surface area contributed by atoms with E-state index in [-0.39, 0.29) is 12.4 Å². The molecule has 0 aliphatic rings. The second kappa shape index (κ2) is 8.14. The Hall–Kier alpha value is -2.37. The van der Waals surface area contributed by atoms with Crippen LogP contribution >= 0.6 is 22.9 Å². The van der Waals surface area contributed by atoms with Crippen LogP contribution in [-0.4, -0.2) is 17.6 Å². The van der Waals surface area contributed by atoms with E-state index in [2.05, 4.69) is 10.3 Å². The highest BCUT2D eigenvalue weighted by atomic mass is 35.5. The quantitative estimate of drug-likeness (QED) is 0.595. The van der Waals surface area contributed by atoms with E-state index in [1.54, 1.807) is 6.92 Å². The molecule has 0 unspecified atom stereocenters. The number of ether oxygens (including phenoxy) is 1. The van der Waals surface area contributed by atoms with Crippen molar-refractivity contribution in [3.8, 4) is 11.3 Å². The third kappa shape index (κ3) is 4.59. The van der Waals surface area contributed by atoms with Crippen molar-refractivity contribution in [1.82, 2.24) is 4.98 Å². The van der Waals surface area contributed by atoms with E-state index in [0.717, 1.165) is 27.0 Å². The van der Waals surface area contributed by atoms with E-state index in [1.165, 1.54) is 11.3 Å². The van der Waals surface area contributed by atoms with Gasteiger partial charge in [-0.25, -0.2) is 4.98 Å². The molecule has 1 aromatic heterocycles. The van der Waals surface area contributed by atoms with E-state index in [1.807, 2.05) is 54.6 Å². The molecule has 0 saturated carbocycles. The van der Waals surface area contributed by atoms with E-state index in [0.29, 0.717) is 11.6 Å². The summed E-state index contributed by atoms with van der Waals surface area (Å²) in [7, 11) is 0. The molecule has 0 saturated heterocycles. The molecule has 25 heavy (non-hydrogen) atoms. The SMILES string of the molecule is CCOC(=O)Cc1sc(Nc2ccccc2)nc1-c1ccc(Cl)cc1. The van der Waals surface area contributed by atoms with Crippen LogP contribution in [0.5, 0.6) is 0 Å². The lowest BCUT2D eigenvalue weighted by Crippen LogP contribution is -2.07. The monoisotopic (exact) mass is 372 g/mol. The molecule has 2 aromatic carbocycles. The number of benzene rings is 2. The summed E-state index contributed by atoms with van der Waals surface area (Å²) >= 11 is 7.42. The summed E-state index contributed by atoms with van der Waals surface area (Å²) in [5.74, 6) is -0.257. The number of esters is 1. The van der Waals surface area contributed by atoms with E-state index >= 15 is 0 Å². The summed E-state index contributed by atoms with van der Waals surface area (Å²) in [4.78, 5) is 17.5. The number of hydrogen-bond donors (Lipinski definition) is 1. The smallest absolute Gasteiger partial charge is 0.311 e. The van der Waals surface area contributed by atoms with Gasteiger partial charge < -0.3 is 10.1 Å². The fourth-order valence-corrected chi connectivity index (χ4v) is 3.46. The number of aromatic nitrogens is 1. The second-order valence-corrected chi connectivity index (χ2v) is 6.79. The standard InChI is InChI=1S/C19H17ClN2O2S/c1-2-24-17(23)12-16-18(13-8-10-14(20)11-9-13)22-19(25-16)21-15-6-4-3-5-7-15/h3-11H,2,12H2,1H3,(H,21,22). The first-order valence-electron chi connectivity index (χ1n) is 7.89. The Kier molecular flexibility index (Phi) is 5.68. The maximum absolute atomic E-state index is 11.9. The maximum atomic E-state index is 11.9. The first-order chi connectivity index (χ1) is 12.2. The van der Waals surface area contributed by atoms with Crippen molar-refractivity contribution in [2.45, 2.75) is 13.3 Å². The number of thiazole rings is 1. The Labute approximate surface area is 155 Å². The molecule has 6 heteroatoms. The van der Waals surface area contributed by atoms with Gasteiger partial charge in [-0.15, -0.1) is 11.3 Å². The molecule has 0 aliphatic heterocycles. The minimum atomic E-state index is -0.257. The highest BCUT2D eigenvalue weighted by molar-refractivity contribution is 7.16. The lowest BCUT2D eigenvalue weighted by Gasteiger charge is -2.03. The average molecular weight is 373 g/mol. The zero-order valence-electron chi connectivity index (χ0n) is 13.7. The molecule has 0 atom stereocenters. The average Bonchev–Trinajstić information content (AvgIpc) is 2.99. The number of halogens is 1. The van der Waals surface area contributed by atoms with Gasteiger partial charge in [-0.05, 0) is 31.2 Å². The van der Waals surface area contributed by atoms with Gasteiger partial charge in [-0.2, -0.15) is 0 Å². The van der Waals surface area contributed by atoms with Crippen molar-refractivity contribution in [2.24, 2.45) is 0 Å². The molecule has 0 bridgehead atoms. The highest BCUT2D eigenvalue weighted by Crippen LogP contribution is 2.33. The van der Waals surface area contributed by atoms with Gasteiger partial charge in [-0.3, -0.25) is 4.79 Å². The molecule has 0 aliphatic carbocycles. The lowest BCUT2D eigenvalue weighted by atomic mass is 10.1. The summed E-state index contributed by atoms with van der Waals surface area (Å²) < 4.78 is 5.08. The molecular formula is C19H17ClN2O2S. The topological polar surface area (TPSA) is 51.2 Å². The highest BCUT2D eigenvalue weighted by Gasteiger charge is 2.17. The first kappa shape index (κ1) is 17.5. The largest absolute Gasteiger partial charge is 0.466 e. The van der Waals surface area contributed by atoms with Crippen LogP contribution in [0.3, 0.4) is 0 Å². The number of hydrogen-bond acceptors (Lipinski definition) is 5. The fourth-order valence-electron chi connectivity index (χ4n) is 2.35. The van der Waals surface area contributed by atoms with Crippen LogP contribution in [0.15, 0.2) is 54.6 Å². The second-order valence-electron chi connectivity index (χ2n) is 5.27. The predicted molar refractivity (Wildman–Crippen MR) is 103 cm³/mol. The minimum absolute atomic E-state index is 0.194. The van der Waals surface area contributed by atoms with Gasteiger partial charge >= 0.3 is 5.97 Å². The third-order valence-corrected chi connectivity index (χ3v) is 4.67. The number of nitrogens with one attached hydrogen (secondary N) is 1. The normalized spacial score (nSPS) is 10.5. The molecule has 3 rings (SSSR count). The number of rotatable bonds is 6. The Morgan fingerprint density at radius 1 is 1.16 bits per heavy atom. The van der Waals surface area contributed by atoms with Crippen molar-refractivity contribution in [2.75, 3.05) is 11.9 Å². The van der Waals surface area contributed by atoms with Crippen LogP contribution in [0, 0.1) is 0 Å². The number of carbonyl (C=O) groups is 1. The van der Waals surface area contributed by atoms with Crippen LogP contribution in [0.2, 0.25) is 5.02 Å². The Balaban J connectivity index is 1.93. The molecule has 4 nitrogen and oxygen atoms in total. The minimum Gasteiger partial charge on any atom is -0.466 e. The number of anilines is 2. The molecule has 0 spiro atoms. The van der Waals surface area contributed by atoms with Crippen LogP contribution in [0.4, 0.5) is 10.8 Å². The summed E-state index contributed by atoms with van der Waals surface area (Å²) in [6.07, 6.45) is 0.194. The molecule has 0 radical (unpaired) electrons. The van der Waals surface area contributed by atoms with Crippen molar-refractivity contribution < 1.29 is 9.53 Å². The predicted octanol–water partition coefficient (Wildman–Crippen LogP) is 5.31. The van der Waals surface area contributed by atoms with Crippen molar-refractivity contribution >= 4 is 39.7 Å². The van der Waals surface area contributed by atoms with Crippen molar-refractivity contribution in [1.29, 1.82) is 0 Å². The van der Waals surface area contributed by atoms with Crippen LogP contribution in [0.1, 0.15) is 11.8 Å². The molecule has 0 fully saturated rings. The van der Waals surface area contributed by atoms with Gasteiger partial charge in [0.05, 0.1) is 18.7 Å². The maximum Gasteiger partial charge on any atom is 0.311 e. The lowest BCUT2D eigenvalue weighted by molar-refractivity contribution is -0.142. The molecule has 0 amide bonds. The van der Waals surface area contributed by atoms with Crippen LogP contribution in [-0.2, 0) is 16.0 Å². The zero-order chi connectivity index (χ0) is 17.6. The third-order valence-electron chi connectivity index (χ3n) is 3.45. The summed E-state index contributed by atoms with van der Waals surface area (Å²) in [6.45, 7) is 2.16. The van der Waals surface area contributed by atoms with Gasteiger partial charge in [0.2, 0.25) is 0 Å². The zero-order valence-corrected chi connectivity index (χ0v) is 15.2. The first-order valence-corrected chi connectivity index (χ1v) is 9.08. The number of carbonyl (C=O) groups excluding carboxylic acids is 1. The van der Waals surface area contributed by atoms with Crippen LogP contribution in [0.25, 0.3) is 11.3 Å². The van der Waals surface area contributed by atoms with Gasteiger partial charge in [0, 0.05) is 21.2 Å². The molecular weight excluding hydrogens is 356 g/mol. The number of nitrogens with zero attached hydrogens (tertiary/aromatic N) is 1. The number of para-hydroxylation sites is 1. The van der Waals surface area contributed by atoms with Gasteiger partial charge in [-0.1, -0.05) is 41.9 Å². The van der Waals surface area contributed by atoms with Gasteiger partial charge in [0.25, 0.3) is 0 Å². The molecule has 1 N–H and O–H groups in total. The van der Waals surface area contributed by atoms with E-state index in [9.17, 15) is 4.79 Å². The van der Waals surface area contributed by atoms with Gasteiger partial charge in [0.15, 0.2) is 5.13 Å². The van der Waals surface area contributed by atoms with Crippen molar-refractivity contribution in [3.05, 3.63) is 64.5 Å². The summed E-state index contributed by atoms with van der Waals surface area (Å²) in [5, 5.41) is 4.67. The van der Waals surface area contributed by atoms with E-state index < -0.39 is 0 Å².